The van der Waals surface area contributed by atoms with Gasteiger partial charge in [-0.2, -0.15) is 0 Å². The molecule has 10 nitrogen and oxygen atoms in total. The molecule has 3 rings (SSSR count). The zero-order valence-electron chi connectivity index (χ0n) is 20.7. The number of amides is 2. The number of morpholine rings is 1. The number of ether oxygens (including phenoxy) is 1. The Morgan fingerprint density at radius 3 is 2.54 bits per heavy atom. The van der Waals surface area contributed by atoms with Crippen molar-refractivity contribution in [3.8, 4) is 0 Å². The number of carbonyl (C=O) groups is 1. The fourth-order valence-corrected chi connectivity index (χ4v) is 6.10. The first-order chi connectivity index (χ1) is 17.0. The first-order valence-electron chi connectivity index (χ1n) is 12.9. The molecule has 1 aromatic rings. The van der Waals surface area contributed by atoms with Gasteiger partial charge in [0.05, 0.1) is 31.6 Å². The number of nitrogens with zero attached hydrogens (tertiary/aromatic N) is 3. The van der Waals surface area contributed by atoms with Crippen LogP contribution in [0.3, 0.4) is 0 Å². The molecule has 2 aliphatic rings. The lowest BCUT2D eigenvalue weighted by atomic mass is 9.96. The molecule has 1 saturated carbocycles. The second-order valence-corrected chi connectivity index (χ2v) is 11.1. The zero-order chi connectivity index (χ0) is 24.8. The highest BCUT2D eigenvalue weighted by Gasteiger charge is 2.32. The molecule has 1 aliphatic carbocycles. The van der Waals surface area contributed by atoms with Crippen LogP contribution in [0, 0.1) is 0 Å². The Kier molecular flexibility index (Phi) is 12.2. The van der Waals surface area contributed by atoms with Crippen molar-refractivity contribution >= 4 is 21.7 Å². The lowest BCUT2D eigenvalue weighted by Gasteiger charge is -2.33. The average Bonchev–Trinajstić information content (AvgIpc) is 2.87. The van der Waals surface area contributed by atoms with Crippen molar-refractivity contribution in [2.75, 3.05) is 57.1 Å². The van der Waals surface area contributed by atoms with Crippen LogP contribution in [-0.4, -0.2) is 86.6 Å². The topological polar surface area (TPSA) is 113 Å². The Hall–Kier alpha value is -1.79. The second-order valence-electron chi connectivity index (χ2n) is 9.18. The molecule has 2 fully saturated rings. The number of hydrogen-bond acceptors (Lipinski definition) is 7. The SMILES string of the molecule is O=C(NCCCCCCS(=O)(=O)N(OCCN1CCOCC1)C1CCCCC1)Nc1ccncc1. The summed E-state index contributed by atoms with van der Waals surface area (Å²) in [5, 5.41) is 5.57. The van der Waals surface area contributed by atoms with Crippen LogP contribution in [-0.2, 0) is 19.6 Å². The van der Waals surface area contributed by atoms with Crippen LogP contribution in [0.5, 0.6) is 0 Å². The summed E-state index contributed by atoms with van der Waals surface area (Å²) < 4.78 is 33.0. The van der Waals surface area contributed by atoms with Gasteiger partial charge in [0.2, 0.25) is 10.0 Å². The highest BCUT2D eigenvalue weighted by molar-refractivity contribution is 7.88. The quantitative estimate of drug-likeness (QED) is 0.292. The first-order valence-corrected chi connectivity index (χ1v) is 14.6. The Bertz CT molecular complexity index is 830. The number of sulfonamides is 1. The van der Waals surface area contributed by atoms with Crippen molar-refractivity contribution in [1.29, 1.82) is 0 Å². The summed E-state index contributed by atoms with van der Waals surface area (Å²) in [6, 6.07) is 3.14. The number of hydroxylamine groups is 1. The molecule has 1 aliphatic heterocycles. The Morgan fingerprint density at radius 1 is 1.09 bits per heavy atom. The fraction of sp³-hybridized carbons (Fsp3) is 0.750. The molecule has 11 heteroatoms. The molecule has 0 aromatic carbocycles. The van der Waals surface area contributed by atoms with E-state index in [4.69, 9.17) is 9.57 Å². The third-order valence-electron chi connectivity index (χ3n) is 6.43. The number of nitrogens with one attached hydrogen (secondary N) is 2. The molecule has 35 heavy (non-hydrogen) atoms. The summed E-state index contributed by atoms with van der Waals surface area (Å²) in [5.41, 5.74) is 0.692. The summed E-state index contributed by atoms with van der Waals surface area (Å²) >= 11 is 0. The molecule has 0 radical (unpaired) electrons. The van der Waals surface area contributed by atoms with Gasteiger partial charge in [0.1, 0.15) is 0 Å². The van der Waals surface area contributed by atoms with Crippen LogP contribution in [0.4, 0.5) is 10.5 Å². The normalized spacial score (nSPS) is 18.0. The summed E-state index contributed by atoms with van der Waals surface area (Å²) in [4.78, 5) is 24.0. The number of anilines is 1. The molecule has 1 aromatic heterocycles. The van der Waals surface area contributed by atoms with E-state index in [9.17, 15) is 13.2 Å². The Labute approximate surface area is 209 Å². The van der Waals surface area contributed by atoms with Crippen molar-refractivity contribution in [3.63, 3.8) is 0 Å². The standard InChI is InChI=1S/C24H41N5O5S/c30-24(27-22-10-13-25-14-11-22)26-12-6-1-2-7-21-35(31,32)29(23-8-4-3-5-9-23)34-20-17-28-15-18-33-19-16-28/h10-11,13-14,23H,1-9,12,15-21H2,(H2,25,26,27,30). The summed E-state index contributed by atoms with van der Waals surface area (Å²) in [5.74, 6) is 0.0943. The minimum absolute atomic E-state index is 0.0541. The molecule has 2 amide bonds. The second kappa shape index (κ2) is 15.4. The van der Waals surface area contributed by atoms with Crippen molar-refractivity contribution in [2.45, 2.75) is 63.8 Å². The summed E-state index contributed by atoms with van der Waals surface area (Å²) in [6.07, 6.45) is 11.2. The third kappa shape index (κ3) is 10.4. The van der Waals surface area contributed by atoms with Gasteiger partial charge in [-0.05, 0) is 37.8 Å². The minimum Gasteiger partial charge on any atom is -0.379 e. The van der Waals surface area contributed by atoms with Crippen molar-refractivity contribution < 1.29 is 22.8 Å². The lowest BCUT2D eigenvalue weighted by Crippen LogP contribution is -2.45. The predicted molar refractivity (Wildman–Crippen MR) is 135 cm³/mol. The van der Waals surface area contributed by atoms with Crippen molar-refractivity contribution in [3.05, 3.63) is 24.5 Å². The van der Waals surface area contributed by atoms with E-state index in [1.54, 1.807) is 24.5 Å². The molecule has 2 N–H and O–H groups in total. The number of pyridine rings is 1. The highest BCUT2D eigenvalue weighted by Crippen LogP contribution is 2.26. The maximum absolute atomic E-state index is 13.2. The molecule has 2 heterocycles. The van der Waals surface area contributed by atoms with Gasteiger partial charge in [0, 0.05) is 44.3 Å². The zero-order valence-corrected chi connectivity index (χ0v) is 21.5. The molecular weight excluding hydrogens is 470 g/mol. The summed E-state index contributed by atoms with van der Waals surface area (Å²) in [6.45, 7) is 4.79. The van der Waals surface area contributed by atoms with Crippen LogP contribution >= 0.6 is 0 Å². The van der Waals surface area contributed by atoms with E-state index in [1.165, 1.54) is 4.47 Å². The number of aromatic nitrogens is 1. The van der Waals surface area contributed by atoms with E-state index in [1.807, 2.05) is 0 Å². The van der Waals surface area contributed by atoms with E-state index < -0.39 is 10.0 Å². The maximum atomic E-state index is 13.2. The van der Waals surface area contributed by atoms with E-state index >= 15 is 0 Å². The number of rotatable bonds is 14. The number of carbonyl (C=O) groups excluding carboxylic acids is 1. The largest absolute Gasteiger partial charge is 0.379 e. The highest BCUT2D eigenvalue weighted by atomic mass is 32.2. The molecule has 198 valence electrons. The molecular formula is C24H41N5O5S. The Balaban J connectivity index is 1.34. The first kappa shape index (κ1) is 27.8. The number of urea groups is 1. The Morgan fingerprint density at radius 2 is 1.80 bits per heavy atom. The van der Waals surface area contributed by atoms with Crippen molar-refractivity contribution in [2.24, 2.45) is 0 Å². The summed E-state index contributed by atoms with van der Waals surface area (Å²) in [7, 11) is -3.48. The van der Waals surface area contributed by atoms with Gasteiger partial charge in [0.15, 0.2) is 0 Å². The molecule has 0 spiro atoms. The van der Waals surface area contributed by atoms with Gasteiger partial charge in [-0.25, -0.2) is 13.2 Å². The monoisotopic (exact) mass is 511 g/mol. The van der Waals surface area contributed by atoms with Gasteiger partial charge in [-0.1, -0.05) is 36.6 Å². The smallest absolute Gasteiger partial charge is 0.319 e. The predicted octanol–water partition coefficient (Wildman–Crippen LogP) is 2.99. The van der Waals surface area contributed by atoms with Crippen molar-refractivity contribution in [1.82, 2.24) is 19.7 Å². The van der Waals surface area contributed by atoms with Crippen LogP contribution in [0.1, 0.15) is 57.8 Å². The van der Waals surface area contributed by atoms with Gasteiger partial charge in [0.25, 0.3) is 0 Å². The van der Waals surface area contributed by atoms with Gasteiger partial charge in [-0.15, -0.1) is 0 Å². The fourth-order valence-electron chi connectivity index (χ4n) is 4.45. The van der Waals surface area contributed by atoms with Gasteiger partial charge >= 0.3 is 6.03 Å². The number of unbranched alkanes of at least 4 members (excludes halogenated alkanes) is 3. The van der Waals surface area contributed by atoms with Crippen LogP contribution in [0.25, 0.3) is 0 Å². The average molecular weight is 512 g/mol. The van der Waals surface area contributed by atoms with Crippen LogP contribution in [0.15, 0.2) is 24.5 Å². The lowest BCUT2D eigenvalue weighted by molar-refractivity contribution is -0.126. The third-order valence-corrected chi connectivity index (χ3v) is 8.19. The van der Waals surface area contributed by atoms with E-state index in [-0.39, 0.29) is 17.8 Å². The minimum atomic E-state index is -3.48. The molecule has 1 saturated heterocycles. The molecule has 0 unspecified atom stereocenters. The van der Waals surface area contributed by atoms with E-state index in [2.05, 4.69) is 20.5 Å². The van der Waals surface area contributed by atoms with E-state index in [0.29, 0.717) is 31.8 Å². The van der Waals surface area contributed by atoms with Gasteiger partial charge < -0.3 is 15.4 Å². The number of hydrogen-bond donors (Lipinski definition) is 2. The molecule has 0 bridgehead atoms. The van der Waals surface area contributed by atoms with Gasteiger partial charge in [-0.3, -0.25) is 14.7 Å². The van der Waals surface area contributed by atoms with E-state index in [0.717, 1.165) is 77.7 Å². The van der Waals surface area contributed by atoms with Crippen LogP contribution in [0.2, 0.25) is 0 Å². The maximum Gasteiger partial charge on any atom is 0.319 e. The van der Waals surface area contributed by atoms with Crippen LogP contribution < -0.4 is 10.6 Å². The molecule has 0 atom stereocenters.